The molecule has 0 saturated heterocycles. The average Bonchev–Trinajstić information content (AvgIpc) is 2.72. The molecule has 0 aliphatic heterocycles. The van der Waals surface area contributed by atoms with Crippen molar-refractivity contribution in [2.75, 3.05) is 11.9 Å². The Kier molecular flexibility index (Phi) is 8.08. The highest BCUT2D eigenvalue weighted by Gasteiger charge is 2.32. The summed E-state index contributed by atoms with van der Waals surface area (Å²) >= 11 is 0. The summed E-state index contributed by atoms with van der Waals surface area (Å²) in [5, 5.41) is 15.1. The van der Waals surface area contributed by atoms with Crippen LogP contribution in [0.4, 0.5) is 10.5 Å². The number of phenols is 1. The number of amides is 3. The summed E-state index contributed by atoms with van der Waals surface area (Å²) in [5.74, 6) is -1.18. The molecule has 8 heteroatoms. The number of anilines is 1. The molecule has 0 aliphatic carbocycles. The second-order valence-electron chi connectivity index (χ2n) is 8.50. The Morgan fingerprint density at radius 2 is 1.79 bits per heavy atom. The number of benzene rings is 2. The maximum absolute atomic E-state index is 13.3. The van der Waals surface area contributed by atoms with Gasteiger partial charge in [-0.3, -0.25) is 14.5 Å². The minimum Gasteiger partial charge on any atom is -0.508 e. The van der Waals surface area contributed by atoms with E-state index in [-0.39, 0.29) is 5.75 Å². The molecule has 0 spiro atoms. The number of aryl methyl sites for hydroxylation is 2. The molecule has 2 rings (SSSR count). The van der Waals surface area contributed by atoms with Gasteiger partial charge in [-0.05, 0) is 69.5 Å². The van der Waals surface area contributed by atoms with E-state index in [1.165, 1.54) is 12.1 Å². The van der Waals surface area contributed by atoms with Crippen molar-refractivity contribution in [2.24, 2.45) is 0 Å². The van der Waals surface area contributed by atoms with Gasteiger partial charge in [0.15, 0.2) is 0 Å². The molecule has 3 amide bonds. The number of phenolic OH excluding ortho intramolecular Hbond substituents is 1. The van der Waals surface area contributed by atoms with E-state index < -0.39 is 36.1 Å². The highest BCUT2D eigenvalue weighted by Crippen LogP contribution is 2.27. The predicted molar refractivity (Wildman–Crippen MR) is 125 cm³/mol. The smallest absolute Gasteiger partial charge is 0.408 e. The number of hydrogen-bond acceptors (Lipinski definition) is 5. The lowest BCUT2D eigenvalue weighted by molar-refractivity contribution is -0.134. The van der Waals surface area contributed by atoms with Crippen LogP contribution in [0.3, 0.4) is 0 Å². The molecule has 0 saturated carbocycles. The fourth-order valence-electron chi connectivity index (χ4n) is 3.02. The normalized spacial score (nSPS) is 11.6. The van der Waals surface area contributed by atoms with Crippen LogP contribution in [0.2, 0.25) is 0 Å². The zero-order valence-electron chi connectivity index (χ0n) is 19.4. The summed E-state index contributed by atoms with van der Waals surface area (Å²) in [5.41, 5.74) is 1.58. The zero-order chi connectivity index (χ0) is 24.8. The van der Waals surface area contributed by atoms with Crippen molar-refractivity contribution >= 4 is 23.6 Å². The second-order valence-corrected chi connectivity index (χ2v) is 8.50. The minimum atomic E-state index is -1.21. The first kappa shape index (κ1) is 25.3. The van der Waals surface area contributed by atoms with Crippen molar-refractivity contribution in [2.45, 2.75) is 46.3 Å². The van der Waals surface area contributed by atoms with E-state index in [2.05, 4.69) is 16.7 Å². The summed E-state index contributed by atoms with van der Waals surface area (Å²) in [6.07, 6.45) is 4.85. The molecule has 0 heterocycles. The quantitative estimate of drug-likeness (QED) is 0.459. The Labute approximate surface area is 193 Å². The van der Waals surface area contributed by atoms with Crippen LogP contribution in [0.25, 0.3) is 0 Å². The molecule has 0 aliphatic rings. The molecule has 0 radical (unpaired) electrons. The summed E-state index contributed by atoms with van der Waals surface area (Å²) in [6, 6.07) is 12.8. The number of nitrogens with one attached hydrogen (secondary N) is 2. The number of terminal acetylenes is 1. The number of carbonyl (C=O) groups excluding carboxylic acids is 3. The van der Waals surface area contributed by atoms with Crippen LogP contribution < -0.4 is 10.6 Å². The van der Waals surface area contributed by atoms with Gasteiger partial charge in [-0.2, -0.15) is 0 Å². The molecule has 2 aromatic carbocycles. The fraction of sp³-hybridized carbons (Fsp3) is 0.320. The molecular formula is C25H29N3O5. The van der Waals surface area contributed by atoms with Gasteiger partial charge in [0.25, 0.3) is 11.8 Å². The Morgan fingerprint density at radius 3 is 2.36 bits per heavy atom. The van der Waals surface area contributed by atoms with E-state index in [4.69, 9.17) is 11.2 Å². The van der Waals surface area contributed by atoms with Crippen LogP contribution >= 0.6 is 0 Å². The van der Waals surface area contributed by atoms with Crippen LogP contribution in [-0.2, 0) is 14.3 Å². The van der Waals surface area contributed by atoms with Gasteiger partial charge < -0.3 is 20.5 Å². The van der Waals surface area contributed by atoms with Crippen LogP contribution in [-0.4, -0.2) is 40.1 Å². The van der Waals surface area contributed by atoms with Gasteiger partial charge >= 0.3 is 6.09 Å². The van der Waals surface area contributed by atoms with Crippen LogP contribution in [0.1, 0.15) is 43.5 Å². The number of aromatic hydroxyl groups is 1. The Balaban J connectivity index is 2.34. The first-order chi connectivity index (χ1) is 15.4. The highest BCUT2D eigenvalue weighted by molar-refractivity contribution is 5.99. The van der Waals surface area contributed by atoms with E-state index in [9.17, 15) is 19.5 Å². The van der Waals surface area contributed by atoms with E-state index in [0.717, 1.165) is 10.5 Å². The van der Waals surface area contributed by atoms with Crippen molar-refractivity contribution in [3.05, 3.63) is 59.2 Å². The number of para-hydroxylation sites is 1. The lowest BCUT2D eigenvalue weighted by atomic mass is 10.0. The first-order valence-electron chi connectivity index (χ1n) is 10.3. The van der Waals surface area contributed by atoms with Gasteiger partial charge in [0.05, 0.1) is 0 Å². The standard InChI is InChI=1S/C25H29N3O5/c1-7-28(21(30)15-26-24(32)33-25(4,5)6)22(18-12-13-20(29)17(3)14-18)23(31)27-19-11-9-8-10-16(19)2/h1,8-14,22,29H,15H2,2-6H3,(H,26,32)(H,27,31). The lowest BCUT2D eigenvalue weighted by Gasteiger charge is -2.27. The molecule has 0 fully saturated rings. The third kappa shape index (κ3) is 7.01. The van der Waals surface area contributed by atoms with Crippen molar-refractivity contribution < 1.29 is 24.2 Å². The van der Waals surface area contributed by atoms with Crippen molar-refractivity contribution in [1.29, 1.82) is 0 Å². The molecule has 1 atom stereocenters. The SMILES string of the molecule is C#CN(C(=O)CNC(=O)OC(C)(C)C)C(C(=O)Nc1ccccc1C)c1ccc(O)c(C)c1. The third-order valence-electron chi connectivity index (χ3n) is 4.64. The predicted octanol–water partition coefficient (Wildman–Crippen LogP) is 3.63. The maximum atomic E-state index is 13.3. The topological polar surface area (TPSA) is 108 Å². The summed E-state index contributed by atoms with van der Waals surface area (Å²) in [4.78, 5) is 39.1. The maximum Gasteiger partial charge on any atom is 0.408 e. The van der Waals surface area contributed by atoms with Crippen molar-refractivity contribution in [1.82, 2.24) is 10.2 Å². The van der Waals surface area contributed by atoms with E-state index in [0.29, 0.717) is 16.8 Å². The largest absolute Gasteiger partial charge is 0.508 e. The van der Waals surface area contributed by atoms with Gasteiger partial charge in [-0.1, -0.05) is 30.7 Å². The van der Waals surface area contributed by atoms with Gasteiger partial charge in [-0.15, -0.1) is 0 Å². The Hall–Kier alpha value is -3.99. The molecule has 0 aromatic heterocycles. The molecular weight excluding hydrogens is 422 g/mol. The van der Waals surface area contributed by atoms with Gasteiger partial charge in [0.2, 0.25) is 0 Å². The minimum absolute atomic E-state index is 0.0435. The molecule has 3 N–H and O–H groups in total. The Morgan fingerprint density at radius 1 is 1.12 bits per heavy atom. The Bertz CT molecular complexity index is 1080. The molecule has 1 unspecified atom stereocenters. The monoisotopic (exact) mass is 451 g/mol. The fourth-order valence-corrected chi connectivity index (χ4v) is 3.02. The average molecular weight is 452 g/mol. The van der Waals surface area contributed by atoms with E-state index in [1.807, 2.05) is 19.1 Å². The van der Waals surface area contributed by atoms with Crippen molar-refractivity contribution in [3.63, 3.8) is 0 Å². The summed E-state index contributed by atoms with van der Waals surface area (Å²) < 4.78 is 5.14. The van der Waals surface area contributed by atoms with E-state index in [1.54, 1.807) is 45.9 Å². The second kappa shape index (κ2) is 10.6. The number of nitrogens with zero attached hydrogens (tertiary/aromatic N) is 1. The van der Waals surface area contributed by atoms with Gasteiger partial charge in [-0.25, -0.2) is 4.79 Å². The van der Waals surface area contributed by atoms with Crippen molar-refractivity contribution in [3.8, 4) is 18.2 Å². The molecule has 2 aromatic rings. The summed E-state index contributed by atoms with van der Waals surface area (Å²) in [6.45, 7) is 8.12. The number of ether oxygens (including phenoxy) is 1. The van der Waals surface area contributed by atoms with Gasteiger partial charge in [0.1, 0.15) is 23.9 Å². The number of carbonyl (C=O) groups is 3. The van der Waals surface area contributed by atoms with E-state index >= 15 is 0 Å². The lowest BCUT2D eigenvalue weighted by Crippen LogP contribution is -2.44. The van der Waals surface area contributed by atoms with Crippen LogP contribution in [0, 0.1) is 26.3 Å². The number of rotatable bonds is 6. The van der Waals surface area contributed by atoms with Crippen LogP contribution in [0.5, 0.6) is 5.75 Å². The molecule has 174 valence electrons. The van der Waals surface area contributed by atoms with Crippen LogP contribution in [0.15, 0.2) is 42.5 Å². The zero-order valence-corrected chi connectivity index (χ0v) is 19.4. The molecule has 8 nitrogen and oxygen atoms in total. The number of alkyl carbamates (subject to hydrolysis) is 1. The molecule has 33 heavy (non-hydrogen) atoms. The number of hydrogen-bond donors (Lipinski definition) is 3. The summed E-state index contributed by atoms with van der Waals surface area (Å²) in [7, 11) is 0. The highest BCUT2D eigenvalue weighted by atomic mass is 16.6. The first-order valence-corrected chi connectivity index (χ1v) is 10.3. The molecule has 0 bridgehead atoms. The third-order valence-corrected chi connectivity index (χ3v) is 4.64. The van der Waals surface area contributed by atoms with Gasteiger partial charge in [0, 0.05) is 11.7 Å².